The lowest BCUT2D eigenvalue weighted by atomic mass is 10.2. The molecule has 6 nitrogen and oxygen atoms in total. The van der Waals surface area contributed by atoms with Crippen molar-refractivity contribution in [1.29, 1.82) is 0 Å². The first kappa shape index (κ1) is 11.8. The minimum atomic E-state index is -0.126. The number of pyridine rings is 1. The Kier molecular flexibility index (Phi) is 3.89. The Hall–Kier alpha value is -1.66. The zero-order valence-electron chi connectivity index (χ0n) is 9.39. The van der Waals surface area contributed by atoms with Crippen LogP contribution in [0.5, 0.6) is 5.75 Å². The molecule has 0 radical (unpaired) electrons. The molecule has 1 amide bonds. The molecule has 0 saturated carbocycles. The molecule has 0 aromatic carbocycles. The number of rotatable bonds is 4. The summed E-state index contributed by atoms with van der Waals surface area (Å²) in [7, 11) is 0. The highest BCUT2D eigenvalue weighted by atomic mass is 16.5. The molecule has 1 aliphatic rings. The second kappa shape index (κ2) is 5.60. The van der Waals surface area contributed by atoms with Crippen molar-refractivity contribution >= 4 is 5.91 Å². The van der Waals surface area contributed by atoms with Crippen LogP contribution in [0.1, 0.15) is 5.56 Å². The van der Waals surface area contributed by atoms with E-state index >= 15 is 0 Å². The van der Waals surface area contributed by atoms with E-state index < -0.39 is 0 Å². The predicted octanol–water partition coefficient (Wildman–Crippen LogP) is -0.566. The van der Waals surface area contributed by atoms with E-state index in [0.717, 1.165) is 5.56 Å². The molecule has 0 bridgehead atoms. The number of morpholine rings is 1. The second-order valence-electron chi connectivity index (χ2n) is 3.74. The predicted molar refractivity (Wildman–Crippen MR) is 60.4 cm³/mol. The first-order chi connectivity index (χ1) is 8.29. The van der Waals surface area contributed by atoms with Gasteiger partial charge in [-0.05, 0) is 6.07 Å². The lowest BCUT2D eigenvalue weighted by Crippen LogP contribution is -2.45. The summed E-state index contributed by atoms with van der Waals surface area (Å²) < 4.78 is 10.9. The van der Waals surface area contributed by atoms with Gasteiger partial charge in [0.1, 0.15) is 25.1 Å². The fraction of sp³-hybridized carbons (Fsp3) is 0.455. The van der Waals surface area contributed by atoms with Crippen LogP contribution in [-0.2, 0) is 16.1 Å². The molecule has 2 heterocycles. The molecule has 1 aromatic rings. The van der Waals surface area contributed by atoms with Gasteiger partial charge in [0.05, 0.1) is 6.20 Å². The molecule has 1 aliphatic heterocycles. The molecule has 17 heavy (non-hydrogen) atoms. The Morgan fingerprint density at radius 1 is 1.65 bits per heavy atom. The third kappa shape index (κ3) is 3.15. The number of nitrogens with zero attached hydrogens (tertiary/aromatic N) is 1. The third-order valence-electron chi connectivity index (χ3n) is 2.49. The number of nitrogens with two attached hydrogens (primary N) is 1. The van der Waals surface area contributed by atoms with Gasteiger partial charge < -0.3 is 20.5 Å². The minimum absolute atomic E-state index is 0.0881. The molecular weight excluding hydrogens is 222 g/mol. The molecule has 1 saturated heterocycles. The van der Waals surface area contributed by atoms with Crippen LogP contribution < -0.4 is 15.8 Å². The van der Waals surface area contributed by atoms with Gasteiger partial charge in [0, 0.05) is 24.8 Å². The van der Waals surface area contributed by atoms with E-state index in [9.17, 15) is 4.79 Å². The molecular formula is C11H15N3O3. The van der Waals surface area contributed by atoms with Gasteiger partial charge in [-0.1, -0.05) is 0 Å². The molecule has 1 fully saturated rings. The maximum absolute atomic E-state index is 10.9. The van der Waals surface area contributed by atoms with Gasteiger partial charge in [0.2, 0.25) is 5.91 Å². The molecule has 3 N–H and O–H groups in total. The Balaban J connectivity index is 1.87. The summed E-state index contributed by atoms with van der Waals surface area (Å²) in [5, 5.41) is 2.71. The average molecular weight is 237 g/mol. The summed E-state index contributed by atoms with van der Waals surface area (Å²) in [6.45, 7) is 1.33. The number of carbonyl (C=O) groups is 1. The summed E-state index contributed by atoms with van der Waals surface area (Å²) in [5.74, 6) is 0.570. The topological polar surface area (TPSA) is 86.5 Å². The maximum Gasteiger partial charge on any atom is 0.246 e. The number of nitrogens with one attached hydrogen (secondary N) is 1. The zero-order chi connectivity index (χ0) is 12.1. The van der Waals surface area contributed by atoms with Crippen molar-refractivity contribution in [1.82, 2.24) is 10.3 Å². The minimum Gasteiger partial charge on any atom is -0.489 e. The van der Waals surface area contributed by atoms with Gasteiger partial charge in [-0.15, -0.1) is 0 Å². The van der Waals surface area contributed by atoms with Gasteiger partial charge in [0.25, 0.3) is 0 Å². The van der Waals surface area contributed by atoms with Crippen molar-refractivity contribution in [3.05, 3.63) is 24.0 Å². The highest BCUT2D eigenvalue weighted by Gasteiger charge is 2.19. The van der Waals surface area contributed by atoms with E-state index in [4.69, 9.17) is 15.2 Å². The normalized spacial score (nSPS) is 19.8. The van der Waals surface area contributed by atoms with Crippen LogP contribution in [0.15, 0.2) is 18.5 Å². The zero-order valence-corrected chi connectivity index (χ0v) is 9.39. The standard InChI is InChI=1S/C11H15N3O3/c12-3-8-1-2-13-5-10(8)17-6-9-4-14-11(15)7-16-9/h1-2,5,9H,3-4,6-7,12H2,(H,14,15)/t9-/m0/s1. The van der Waals surface area contributed by atoms with Crippen LogP contribution in [0.3, 0.4) is 0 Å². The number of ether oxygens (including phenoxy) is 2. The molecule has 2 rings (SSSR count). The lowest BCUT2D eigenvalue weighted by molar-refractivity contribution is -0.134. The van der Waals surface area contributed by atoms with Crippen LogP contribution in [0.2, 0.25) is 0 Å². The SMILES string of the molecule is NCc1ccncc1OC[C@@H]1CNC(=O)CO1. The summed E-state index contributed by atoms with van der Waals surface area (Å²) in [5.41, 5.74) is 6.48. The van der Waals surface area contributed by atoms with E-state index in [1.165, 1.54) is 0 Å². The summed E-state index contributed by atoms with van der Waals surface area (Å²) in [6, 6.07) is 1.82. The largest absolute Gasteiger partial charge is 0.489 e. The van der Waals surface area contributed by atoms with Crippen LogP contribution >= 0.6 is 0 Å². The number of aromatic nitrogens is 1. The number of hydrogen-bond donors (Lipinski definition) is 2. The van der Waals surface area contributed by atoms with Gasteiger partial charge in [-0.3, -0.25) is 9.78 Å². The Labute approximate surface area is 99.1 Å². The quantitative estimate of drug-likeness (QED) is 0.732. The molecule has 1 aromatic heterocycles. The van der Waals surface area contributed by atoms with Crippen LogP contribution in [0, 0.1) is 0 Å². The van der Waals surface area contributed by atoms with Gasteiger partial charge in [-0.25, -0.2) is 0 Å². The van der Waals surface area contributed by atoms with E-state index in [2.05, 4.69) is 10.3 Å². The van der Waals surface area contributed by atoms with Crippen molar-refractivity contribution in [2.24, 2.45) is 5.73 Å². The first-order valence-electron chi connectivity index (χ1n) is 5.43. The van der Waals surface area contributed by atoms with E-state index in [1.54, 1.807) is 12.4 Å². The molecule has 0 spiro atoms. The van der Waals surface area contributed by atoms with E-state index in [1.807, 2.05) is 6.07 Å². The number of amides is 1. The van der Waals surface area contributed by atoms with Crippen molar-refractivity contribution in [3.8, 4) is 5.75 Å². The smallest absolute Gasteiger partial charge is 0.246 e. The van der Waals surface area contributed by atoms with Gasteiger partial charge in [-0.2, -0.15) is 0 Å². The van der Waals surface area contributed by atoms with E-state index in [-0.39, 0.29) is 18.6 Å². The first-order valence-corrected chi connectivity index (χ1v) is 5.43. The molecule has 6 heteroatoms. The van der Waals surface area contributed by atoms with Crippen molar-refractivity contribution < 1.29 is 14.3 Å². The van der Waals surface area contributed by atoms with Crippen LogP contribution in [0.25, 0.3) is 0 Å². The van der Waals surface area contributed by atoms with Crippen LogP contribution in [0.4, 0.5) is 0 Å². The Bertz CT molecular complexity index is 387. The molecule has 0 aliphatic carbocycles. The second-order valence-corrected chi connectivity index (χ2v) is 3.74. The lowest BCUT2D eigenvalue weighted by Gasteiger charge is -2.23. The highest BCUT2D eigenvalue weighted by Crippen LogP contribution is 2.16. The van der Waals surface area contributed by atoms with Gasteiger partial charge >= 0.3 is 0 Å². The third-order valence-corrected chi connectivity index (χ3v) is 2.49. The van der Waals surface area contributed by atoms with E-state index in [0.29, 0.717) is 25.4 Å². The van der Waals surface area contributed by atoms with Crippen molar-refractivity contribution in [2.75, 3.05) is 19.8 Å². The van der Waals surface area contributed by atoms with Crippen molar-refractivity contribution in [3.63, 3.8) is 0 Å². The summed E-state index contributed by atoms with van der Waals surface area (Å²) in [6.07, 6.45) is 3.18. The Morgan fingerprint density at radius 2 is 2.53 bits per heavy atom. The molecule has 1 atom stereocenters. The fourth-order valence-electron chi connectivity index (χ4n) is 1.53. The number of hydrogen-bond acceptors (Lipinski definition) is 5. The van der Waals surface area contributed by atoms with Crippen LogP contribution in [-0.4, -0.2) is 36.8 Å². The monoisotopic (exact) mass is 237 g/mol. The number of carbonyl (C=O) groups excluding carboxylic acids is 1. The molecule has 92 valence electrons. The highest BCUT2D eigenvalue weighted by molar-refractivity contribution is 5.77. The summed E-state index contributed by atoms with van der Waals surface area (Å²) in [4.78, 5) is 14.9. The average Bonchev–Trinajstić information content (AvgIpc) is 2.38. The fourth-order valence-corrected chi connectivity index (χ4v) is 1.53. The van der Waals surface area contributed by atoms with Gasteiger partial charge in [0.15, 0.2) is 0 Å². The maximum atomic E-state index is 10.9. The summed E-state index contributed by atoms with van der Waals surface area (Å²) >= 11 is 0. The van der Waals surface area contributed by atoms with Crippen molar-refractivity contribution in [2.45, 2.75) is 12.6 Å². The Morgan fingerprint density at radius 3 is 3.24 bits per heavy atom. The molecule has 0 unspecified atom stereocenters.